The molecule has 2 unspecified atom stereocenters. The lowest BCUT2D eigenvalue weighted by atomic mass is 10.1. The molecular formula is C24H31N3O5S. The average Bonchev–Trinajstić information content (AvgIpc) is 3.19. The molecular weight excluding hydrogens is 442 g/mol. The third kappa shape index (κ3) is 5.41. The van der Waals surface area contributed by atoms with E-state index in [2.05, 4.69) is 0 Å². The van der Waals surface area contributed by atoms with Gasteiger partial charge >= 0.3 is 5.97 Å². The van der Waals surface area contributed by atoms with Gasteiger partial charge in [0.1, 0.15) is 0 Å². The zero-order chi connectivity index (χ0) is 23.4. The second-order valence-electron chi connectivity index (χ2n) is 8.67. The summed E-state index contributed by atoms with van der Waals surface area (Å²) in [5.74, 6) is -0.413. The number of esters is 1. The first-order valence-corrected chi connectivity index (χ1v) is 12.6. The topological polar surface area (TPSA) is 90.7 Å². The van der Waals surface area contributed by atoms with Gasteiger partial charge < -0.3 is 14.4 Å². The van der Waals surface area contributed by atoms with E-state index in [0.29, 0.717) is 34.8 Å². The molecule has 0 spiro atoms. The fourth-order valence-electron chi connectivity index (χ4n) is 4.45. The summed E-state index contributed by atoms with van der Waals surface area (Å²) in [6.45, 7) is 4.51. The van der Waals surface area contributed by atoms with Gasteiger partial charge in [-0.2, -0.15) is 0 Å². The number of hydrogen-bond acceptors (Lipinski definition) is 7. The predicted octanol–water partition coefficient (Wildman–Crippen LogP) is 3.25. The summed E-state index contributed by atoms with van der Waals surface area (Å²) >= 11 is 1.30. The smallest absolute Gasteiger partial charge is 0.337 e. The fourth-order valence-corrected chi connectivity index (χ4v) is 5.45. The maximum Gasteiger partial charge on any atom is 0.337 e. The summed E-state index contributed by atoms with van der Waals surface area (Å²) in [4.78, 5) is 45.2. The lowest BCUT2D eigenvalue weighted by Gasteiger charge is -2.24. The van der Waals surface area contributed by atoms with E-state index in [9.17, 15) is 14.4 Å². The van der Waals surface area contributed by atoms with E-state index in [4.69, 9.17) is 14.5 Å². The molecule has 0 N–H and O–H groups in total. The molecule has 1 amide bonds. The van der Waals surface area contributed by atoms with Crippen LogP contribution < -0.4 is 5.56 Å². The molecule has 3 heterocycles. The van der Waals surface area contributed by atoms with E-state index in [0.717, 1.165) is 51.6 Å². The molecule has 2 atom stereocenters. The highest BCUT2D eigenvalue weighted by Gasteiger charge is 2.26. The average molecular weight is 474 g/mol. The van der Waals surface area contributed by atoms with Gasteiger partial charge in [0.25, 0.3) is 5.56 Å². The maximum absolute atomic E-state index is 13.4. The Morgan fingerprint density at radius 3 is 2.64 bits per heavy atom. The van der Waals surface area contributed by atoms with E-state index in [1.54, 1.807) is 22.8 Å². The molecule has 4 rings (SSSR count). The van der Waals surface area contributed by atoms with Crippen molar-refractivity contribution in [3.63, 3.8) is 0 Å². The molecule has 0 saturated carbocycles. The predicted molar refractivity (Wildman–Crippen MR) is 127 cm³/mol. The maximum atomic E-state index is 13.4. The lowest BCUT2D eigenvalue weighted by molar-refractivity contribution is -0.130. The SMILES string of the molecule is COC(=O)c1ccc2c(=O)n(CC3CCCO3)c(SC(C)C(=O)N3CCCCCC3)nc2c1. The summed E-state index contributed by atoms with van der Waals surface area (Å²) in [5.41, 5.74) is 0.561. The summed E-state index contributed by atoms with van der Waals surface area (Å²) in [5, 5.41) is 0.518. The summed E-state index contributed by atoms with van der Waals surface area (Å²) in [6.07, 6.45) is 6.16. The van der Waals surface area contributed by atoms with Crippen LogP contribution in [0.3, 0.4) is 0 Å². The van der Waals surface area contributed by atoms with Crippen LogP contribution in [0.15, 0.2) is 28.2 Å². The summed E-state index contributed by atoms with van der Waals surface area (Å²) in [6, 6.07) is 4.76. The number of hydrogen-bond donors (Lipinski definition) is 0. The Balaban J connectivity index is 1.68. The number of benzene rings is 1. The third-order valence-corrected chi connectivity index (χ3v) is 7.38. The van der Waals surface area contributed by atoms with Crippen LogP contribution in [0.1, 0.15) is 55.8 Å². The van der Waals surface area contributed by atoms with Crippen molar-refractivity contribution in [1.82, 2.24) is 14.5 Å². The van der Waals surface area contributed by atoms with Crippen molar-refractivity contribution in [2.24, 2.45) is 0 Å². The van der Waals surface area contributed by atoms with Crippen molar-refractivity contribution >= 4 is 34.5 Å². The summed E-state index contributed by atoms with van der Waals surface area (Å²) in [7, 11) is 1.32. The number of carbonyl (C=O) groups is 2. The van der Waals surface area contributed by atoms with Crippen LogP contribution in [0, 0.1) is 0 Å². The van der Waals surface area contributed by atoms with Crippen molar-refractivity contribution in [2.75, 3.05) is 26.8 Å². The first-order chi connectivity index (χ1) is 16.0. The minimum Gasteiger partial charge on any atom is -0.465 e. The van der Waals surface area contributed by atoms with Crippen LogP contribution in [0.2, 0.25) is 0 Å². The molecule has 2 aliphatic rings. The third-order valence-electron chi connectivity index (χ3n) is 6.30. The van der Waals surface area contributed by atoms with Crippen LogP contribution in [-0.2, 0) is 20.8 Å². The number of carbonyl (C=O) groups excluding carboxylic acids is 2. The zero-order valence-corrected chi connectivity index (χ0v) is 20.1. The van der Waals surface area contributed by atoms with Gasteiger partial charge in [0.05, 0.1) is 41.5 Å². The number of ether oxygens (including phenoxy) is 2. The van der Waals surface area contributed by atoms with Gasteiger partial charge in [-0.15, -0.1) is 0 Å². The van der Waals surface area contributed by atoms with E-state index < -0.39 is 5.97 Å². The number of nitrogens with zero attached hydrogens (tertiary/aromatic N) is 3. The van der Waals surface area contributed by atoms with Gasteiger partial charge in [0, 0.05) is 19.7 Å². The minimum atomic E-state index is -0.485. The standard InChI is InChI=1S/C24H31N3O5S/c1-16(21(28)26-11-5-3-4-6-12-26)33-24-25-20-14-17(23(30)31-2)9-10-19(20)22(29)27(24)15-18-8-7-13-32-18/h9-10,14,16,18H,3-8,11-13,15H2,1-2H3. The molecule has 0 aliphatic carbocycles. The molecule has 2 aromatic rings. The number of rotatable bonds is 6. The number of aromatic nitrogens is 2. The second kappa shape index (κ2) is 10.7. The number of amides is 1. The van der Waals surface area contributed by atoms with E-state index in [1.165, 1.54) is 18.9 Å². The Hall–Kier alpha value is -2.39. The Morgan fingerprint density at radius 2 is 1.97 bits per heavy atom. The van der Waals surface area contributed by atoms with Crippen LogP contribution >= 0.6 is 11.8 Å². The molecule has 178 valence electrons. The summed E-state index contributed by atoms with van der Waals surface area (Å²) < 4.78 is 12.2. The molecule has 2 fully saturated rings. The number of fused-ring (bicyclic) bond motifs is 1. The van der Waals surface area contributed by atoms with Gasteiger partial charge in [-0.1, -0.05) is 24.6 Å². The van der Waals surface area contributed by atoms with Gasteiger partial charge in [0.15, 0.2) is 5.16 Å². The van der Waals surface area contributed by atoms with Crippen LogP contribution in [0.5, 0.6) is 0 Å². The highest BCUT2D eigenvalue weighted by atomic mass is 32.2. The van der Waals surface area contributed by atoms with Gasteiger partial charge in [-0.3, -0.25) is 14.2 Å². The van der Waals surface area contributed by atoms with Gasteiger partial charge in [0.2, 0.25) is 5.91 Å². The van der Waals surface area contributed by atoms with Crippen molar-refractivity contribution in [2.45, 2.75) is 68.5 Å². The Labute approximate surface area is 197 Å². The van der Waals surface area contributed by atoms with Crippen LogP contribution in [0.4, 0.5) is 0 Å². The van der Waals surface area contributed by atoms with Crippen molar-refractivity contribution in [3.8, 4) is 0 Å². The minimum absolute atomic E-state index is 0.0488. The largest absolute Gasteiger partial charge is 0.465 e. The lowest BCUT2D eigenvalue weighted by Crippen LogP contribution is -2.38. The quantitative estimate of drug-likeness (QED) is 0.361. The molecule has 0 radical (unpaired) electrons. The monoisotopic (exact) mass is 473 g/mol. The normalized spacial score (nSPS) is 19.9. The van der Waals surface area contributed by atoms with Gasteiger partial charge in [-0.25, -0.2) is 9.78 Å². The highest BCUT2D eigenvalue weighted by Crippen LogP contribution is 2.26. The molecule has 1 aromatic carbocycles. The number of methoxy groups -OCH3 is 1. The van der Waals surface area contributed by atoms with Crippen molar-refractivity contribution < 1.29 is 19.1 Å². The van der Waals surface area contributed by atoms with Crippen LogP contribution in [0.25, 0.3) is 10.9 Å². The number of likely N-dealkylation sites (tertiary alicyclic amines) is 1. The van der Waals surface area contributed by atoms with Crippen molar-refractivity contribution in [1.29, 1.82) is 0 Å². The molecule has 2 aliphatic heterocycles. The Kier molecular flexibility index (Phi) is 7.70. The first-order valence-electron chi connectivity index (χ1n) is 11.7. The Bertz CT molecular complexity index is 1070. The first kappa shape index (κ1) is 23.8. The molecule has 9 heteroatoms. The fraction of sp³-hybridized carbons (Fsp3) is 0.583. The molecule has 2 saturated heterocycles. The molecule has 0 bridgehead atoms. The van der Waals surface area contributed by atoms with Crippen LogP contribution in [-0.4, -0.2) is 64.5 Å². The van der Waals surface area contributed by atoms with Gasteiger partial charge in [-0.05, 0) is 50.8 Å². The van der Waals surface area contributed by atoms with Crippen molar-refractivity contribution in [3.05, 3.63) is 34.1 Å². The second-order valence-corrected chi connectivity index (χ2v) is 9.98. The van der Waals surface area contributed by atoms with E-state index in [-0.39, 0.29) is 22.8 Å². The van der Waals surface area contributed by atoms with E-state index >= 15 is 0 Å². The molecule has 8 nitrogen and oxygen atoms in total. The molecule has 1 aromatic heterocycles. The highest BCUT2D eigenvalue weighted by molar-refractivity contribution is 8.00. The Morgan fingerprint density at radius 1 is 1.21 bits per heavy atom. The number of thioether (sulfide) groups is 1. The zero-order valence-electron chi connectivity index (χ0n) is 19.2. The molecule has 33 heavy (non-hydrogen) atoms. The van der Waals surface area contributed by atoms with E-state index in [1.807, 2.05) is 11.8 Å².